The van der Waals surface area contributed by atoms with E-state index in [0.29, 0.717) is 0 Å². The van der Waals surface area contributed by atoms with E-state index in [9.17, 15) is 5.11 Å². The molecule has 0 amide bonds. The molecule has 1 N–H and O–H groups in total. The van der Waals surface area contributed by atoms with E-state index in [2.05, 4.69) is 45.8 Å². The van der Waals surface area contributed by atoms with Gasteiger partial charge in [-0.3, -0.25) is 4.40 Å². The summed E-state index contributed by atoms with van der Waals surface area (Å²) in [5.41, 5.74) is 7.28. The molecular formula is C23H16N2O. The largest absolute Gasteiger partial charge is 0.508 e. The third-order valence-corrected chi connectivity index (χ3v) is 5.54. The minimum absolute atomic E-state index is 0.278. The lowest BCUT2D eigenvalue weighted by atomic mass is 9.92. The summed E-state index contributed by atoms with van der Waals surface area (Å²) in [6.07, 6.45) is 4.00. The van der Waals surface area contributed by atoms with E-state index in [4.69, 9.17) is 0 Å². The molecule has 5 aromatic rings. The van der Waals surface area contributed by atoms with Gasteiger partial charge >= 0.3 is 0 Å². The molecule has 0 spiro atoms. The van der Waals surface area contributed by atoms with Gasteiger partial charge in [-0.1, -0.05) is 30.3 Å². The highest BCUT2D eigenvalue weighted by Gasteiger charge is 2.20. The van der Waals surface area contributed by atoms with Crippen molar-refractivity contribution in [1.82, 2.24) is 9.38 Å². The van der Waals surface area contributed by atoms with Crippen LogP contribution in [0.5, 0.6) is 5.75 Å². The molecule has 6 rings (SSSR count). The van der Waals surface area contributed by atoms with Crippen LogP contribution in [0.2, 0.25) is 0 Å². The van der Waals surface area contributed by atoms with Crippen molar-refractivity contribution in [2.45, 2.75) is 12.8 Å². The molecule has 3 heterocycles. The van der Waals surface area contributed by atoms with Crippen LogP contribution in [0.15, 0.2) is 66.9 Å². The Morgan fingerprint density at radius 3 is 2.58 bits per heavy atom. The summed E-state index contributed by atoms with van der Waals surface area (Å²) in [6, 6.07) is 20.7. The van der Waals surface area contributed by atoms with Crippen molar-refractivity contribution in [2.24, 2.45) is 0 Å². The zero-order valence-corrected chi connectivity index (χ0v) is 14.1. The van der Waals surface area contributed by atoms with Crippen LogP contribution in [-0.4, -0.2) is 14.5 Å². The highest BCUT2D eigenvalue weighted by Crippen LogP contribution is 2.38. The fourth-order valence-electron chi connectivity index (χ4n) is 4.37. The Labute approximate surface area is 150 Å². The van der Waals surface area contributed by atoms with Crippen LogP contribution < -0.4 is 0 Å². The number of phenols is 1. The Balaban J connectivity index is 1.86. The first-order valence-corrected chi connectivity index (χ1v) is 8.93. The highest BCUT2D eigenvalue weighted by atomic mass is 16.3. The monoisotopic (exact) mass is 336 g/mol. The van der Waals surface area contributed by atoms with Crippen LogP contribution in [0.4, 0.5) is 0 Å². The van der Waals surface area contributed by atoms with Crippen molar-refractivity contribution in [3.05, 3.63) is 78.1 Å². The number of benzene rings is 3. The van der Waals surface area contributed by atoms with Crippen molar-refractivity contribution in [3.63, 3.8) is 0 Å². The molecule has 0 saturated carbocycles. The number of nitrogens with zero attached hydrogens (tertiary/aromatic N) is 2. The second kappa shape index (κ2) is 4.85. The van der Waals surface area contributed by atoms with Crippen LogP contribution in [-0.2, 0) is 12.8 Å². The number of pyridine rings is 1. The van der Waals surface area contributed by atoms with E-state index in [1.54, 1.807) is 6.07 Å². The number of fused-ring (bicyclic) bond motifs is 3. The molecule has 3 aromatic carbocycles. The lowest BCUT2D eigenvalue weighted by Crippen LogP contribution is -2.07. The number of rotatable bonds is 1. The van der Waals surface area contributed by atoms with Gasteiger partial charge in [-0.25, -0.2) is 4.98 Å². The molecule has 0 aliphatic carbocycles. The maximum absolute atomic E-state index is 10.0. The van der Waals surface area contributed by atoms with Crippen molar-refractivity contribution in [3.8, 4) is 16.9 Å². The van der Waals surface area contributed by atoms with E-state index in [-0.39, 0.29) is 5.75 Å². The molecule has 0 fully saturated rings. The predicted octanol–water partition coefficient (Wildman–Crippen LogP) is 5.11. The molecular weight excluding hydrogens is 320 g/mol. The predicted molar refractivity (Wildman–Crippen MR) is 105 cm³/mol. The quantitative estimate of drug-likeness (QED) is 0.432. The highest BCUT2D eigenvalue weighted by molar-refractivity contribution is 6.14. The number of hydrogen-bond acceptors (Lipinski definition) is 2. The topological polar surface area (TPSA) is 37.5 Å². The Bertz CT molecular complexity index is 1330. The normalized spacial score (nSPS) is 13.2. The summed E-state index contributed by atoms with van der Waals surface area (Å²) in [5, 5.41) is 13.4. The number of imidazole rings is 1. The Morgan fingerprint density at radius 1 is 0.808 bits per heavy atom. The van der Waals surface area contributed by atoms with Gasteiger partial charge in [0.05, 0.1) is 5.52 Å². The summed E-state index contributed by atoms with van der Waals surface area (Å²) in [4.78, 5) is 4.67. The zero-order chi connectivity index (χ0) is 17.3. The van der Waals surface area contributed by atoms with E-state index >= 15 is 0 Å². The van der Waals surface area contributed by atoms with Gasteiger partial charge in [-0.15, -0.1) is 0 Å². The molecule has 0 radical (unpaired) electrons. The molecule has 1 aliphatic rings. The van der Waals surface area contributed by atoms with E-state index in [1.807, 2.05) is 24.4 Å². The van der Waals surface area contributed by atoms with E-state index < -0.39 is 0 Å². The molecule has 124 valence electrons. The summed E-state index contributed by atoms with van der Waals surface area (Å²) in [5.74, 6) is 0.278. The third kappa shape index (κ3) is 1.75. The maximum atomic E-state index is 10.0. The number of aryl methyl sites for hydroxylation is 2. The lowest BCUT2D eigenvalue weighted by Gasteiger charge is -2.20. The summed E-state index contributed by atoms with van der Waals surface area (Å²) < 4.78 is 2.28. The first-order chi connectivity index (χ1) is 12.8. The molecule has 3 nitrogen and oxygen atoms in total. The van der Waals surface area contributed by atoms with Gasteiger partial charge < -0.3 is 5.11 Å². The number of aromatic hydroxyl groups is 1. The summed E-state index contributed by atoms with van der Waals surface area (Å²) >= 11 is 0. The van der Waals surface area contributed by atoms with Crippen LogP contribution in [0.25, 0.3) is 38.4 Å². The van der Waals surface area contributed by atoms with Gasteiger partial charge in [0.15, 0.2) is 0 Å². The van der Waals surface area contributed by atoms with Gasteiger partial charge in [-0.05, 0) is 65.3 Å². The Hall–Kier alpha value is -3.33. The fraction of sp³-hybridized carbons (Fsp3) is 0.0870. The minimum Gasteiger partial charge on any atom is -0.508 e. The average Bonchev–Trinajstić information content (AvgIpc) is 3.12. The molecule has 0 saturated heterocycles. The molecule has 1 aliphatic heterocycles. The van der Waals surface area contributed by atoms with E-state index in [0.717, 1.165) is 29.3 Å². The average molecular weight is 336 g/mol. The first kappa shape index (κ1) is 13.9. The van der Waals surface area contributed by atoms with Gasteiger partial charge in [0.25, 0.3) is 0 Å². The Morgan fingerprint density at radius 2 is 1.69 bits per heavy atom. The molecule has 3 heteroatoms. The third-order valence-electron chi connectivity index (χ3n) is 5.54. The fourth-order valence-corrected chi connectivity index (χ4v) is 4.37. The lowest BCUT2D eigenvalue weighted by molar-refractivity contribution is 0.476. The molecule has 0 atom stereocenters. The smallest absolute Gasteiger partial charge is 0.145 e. The van der Waals surface area contributed by atoms with Crippen molar-refractivity contribution < 1.29 is 5.11 Å². The van der Waals surface area contributed by atoms with Gasteiger partial charge in [0.1, 0.15) is 11.4 Å². The van der Waals surface area contributed by atoms with Crippen LogP contribution >= 0.6 is 0 Å². The molecule has 0 bridgehead atoms. The van der Waals surface area contributed by atoms with Crippen molar-refractivity contribution >= 4 is 27.3 Å². The number of hydrogen-bond donors (Lipinski definition) is 1. The molecule has 0 unspecified atom stereocenters. The number of aromatic nitrogens is 2. The second-order valence-corrected chi connectivity index (χ2v) is 7.04. The summed E-state index contributed by atoms with van der Waals surface area (Å²) in [7, 11) is 0. The maximum Gasteiger partial charge on any atom is 0.145 e. The molecule has 26 heavy (non-hydrogen) atoms. The summed E-state index contributed by atoms with van der Waals surface area (Å²) in [6.45, 7) is 0. The minimum atomic E-state index is 0.278. The standard InChI is InChI=1S/C23H16N2O/c26-18-8-9-19-20-11-16(14-4-2-1-3-5-14)10-15-6-7-17-13-24-23(21(19)12-18)25(17)22(15)20/h1-5,8-13,26H,6-7H2. The van der Waals surface area contributed by atoms with Crippen molar-refractivity contribution in [2.75, 3.05) is 0 Å². The first-order valence-electron chi connectivity index (χ1n) is 8.93. The van der Waals surface area contributed by atoms with Crippen LogP contribution in [0, 0.1) is 0 Å². The zero-order valence-electron chi connectivity index (χ0n) is 14.1. The second-order valence-electron chi connectivity index (χ2n) is 7.04. The van der Waals surface area contributed by atoms with Crippen LogP contribution in [0.3, 0.4) is 0 Å². The van der Waals surface area contributed by atoms with Gasteiger partial charge in [-0.2, -0.15) is 0 Å². The number of phenolic OH excluding ortho intramolecular Hbond substituents is 1. The van der Waals surface area contributed by atoms with Crippen LogP contribution in [0.1, 0.15) is 11.3 Å². The SMILES string of the molecule is Oc1ccc2c(c1)c1ncc3n1c1c(cc(-c4ccccc4)cc21)CC3. The molecule has 2 aromatic heterocycles. The van der Waals surface area contributed by atoms with E-state index in [1.165, 1.54) is 33.3 Å². The Kier molecular flexibility index (Phi) is 2.60. The van der Waals surface area contributed by atoms with Gasteiger partial charge in [0, 0.05) is 22.7 Å². The van der Waals surface area contributed by atoms with Crippen molar-refractivity contribution in [1.29, 1.82) is 0 Å². The van der Waals surface area contributed by atoms with Gasteiger partial charge in [0.2, 0.25) is 0 Å².